The lowest BCUT2D eigenvalue weighted by atomic mass is 10.0. The topological polar surface area (TPSA) is 44.4 Å². The van der Waals surface area contributed by atoms with Crippen LogP contribution in [-0.4, -0.2) is 35.1 Å². The molecule has 1 aliphatic rings. The van der Waals surface area contributed by atoms with Gasteiger partial charge in [0.15, 0.2) is 5.11 Å². The number of benzene rings is 2. The Kier molecular flexibility index (Phi) is 6.11. The highest BCUT2D eigenvalue weighted by Crippen LogP contribution is 2.17. The van der Waals surface area contributed by atoms with Gasteiger partial charge in [0.1, 0.15) is 0 Å². The molecule has 2 N–H and O–H groups in total. The lowest BCUT2D eigenvalue weighted by Gasteiger charge is -2.34. The van der Waals surface area contributed by atoms with Crippen molar-refractivity contribution in [1.82, 2.24) is 10.2 Å². The molecule has 3 rings (SSSR count). The fraction of sp³-hybridized carbons (Fsp3) is 0.364. The Morgan fingerprint density at radius 3 is 2.30 bits per heavy atom. The van der Waals surface area contributed by atoms with Gasteiger partial charge in [-0.1, -0.05) is 23.8 Å². The van der Waals surface area contributed by atoms with Gasteiger partial charge in [0.2, 0.25) is 0 Å². The largest absolute Gasteiger partial charge is 0.349 e. The maximum absolute atomic E-state index is 12.4. The van der Waals surface area contributed by atoms with E-state index in [1.54, 1.807) is 0 Å². The van der Waals surface area contributed by atoms with Gasteiger partial charge in [0.25, 0.3) is 5.91 Å². The second-order valence-electron chi connectivity index (χ2n) is 7.33. The molecule has 1 aliphatic heterocycles. The normalized spacial score (nSPS) is 14.7. The highest BCUT2D eigenvalue weighted by molar-refractivity contribution is 7.80. The van der Waals surface area contributed by atoms with Crippen LogP contribution >= 0.6 is 12.2 Å². The summed E-state index contributed by atoms with van der Waals surface area (Å²) in [6.07, 6.45) is 1.79. The lowest BCUT2D eigenvalue weighted by molar-refractivity contribution is 0.0922. The second-order valence-corrected chi connectivity index (χ2v) is 7.72. The smallest absolute Gasteiger partial charge is 0.251 e. The zero-order valence-electron chi connectivity index (χ0n) is 16.2. The Labute approximate surface area is 167 Å². The van der Waals surface area contributed by atoms with Crippen LogP contribution in [0.1, 0.15) is 39.9 Å². The number of amides is 1. The summed E-state index contributed by atoms with van der Waals surface area (Å²) in [6, 6.07) is 14.2. The third-order valence-corrected chi connectivity index (χ3v) is 5.55. The van der Waals surface area contributed by atoms with E-state index in [2.05, 4.69) is 47.6 Å². The summed E-state index contributed by atoms with van der Waals surface area (Å²) in [4.78, 5) is 14.6. The first kappa shape index (κ1) is 19.4. The number of piperidine rings is 1. The Bertz CT molecular complexity index is 824. The first-order chi connectivity index (χ1) is 12.9. The van der Waals surface area contributed by atoms with Gasteiger partial charge in [0, 0.05) is 30.4 Å². The zero-order valence-corrected chi connectivity index (χ0v) is 17.0. The SMILES string of the molecule is Cc1ccc(C(=O)NC2CCN(C(=S)Nc3ccc(C)c(C)c3)CC2)cc1. The Morgan fingerprint density at radius 2 is 1.67 bits per heavy atom. The number of hydrogen-bond acceptors (Lipinski definition) is 2. The maximum Gasteiger partial charge on any atom is 0.251 e. The molecule has 2 aromatic carbocycles. The monoisotopic (exact) mass is 381 g/mol. The standard InChI is InChI=1S/C22H27N3OS/c1-15-4-7-18(8-5-15)21(26)23-19-10-12-25(13-11-19)22(27)24-20-9-6-16(2)17(3)14-20/h4-9,14,19H,10-13H2,1-3H3,(H,23,26)(H,24,27). The number of rotatable bonds is 3. The van der Waals surface area contributed by atoms with Crippen LogP contribution in [0.5, 0.6) is 0 Å². The van der Waals surface area contributed by atoms with E-state index in [0.717, 1.165) is 47.9 Å². The van der Waals surface area contributed by atoms with Crippen molar-refractivity contribution >= 4 is 28.9 Å². The van der Waals surface area contributed by atoms with Crippen LogP contribution in [0.2, 0.25) is 0 Å². The van der Waals surface area contributed by atoms with Gasteiger partial charge >= 0.3 is 0 Å². The summed E-state index contributed by atoms with van der Waals surface area (Å²) < 4.78 is 0. The number of thiocarbonyl (C=S) groups is 1. The van der Waals surface area contributed by atoms with Gasteiger partial charge < -0.3 is 15.5 Å². The fourth-order valence-corrected chi connectivity index (χ4v) is 3.52. The molecule has 0 aromatic heterocycles. The predicted octanol–water partition coefficient (Wildman–Crippen LogP) is 4.20. The summed E-state index contributed by atoms with van der Waals surface area (Å²) in [5.41, 5.74) is 5.43. The average molecular weight is 382 g/mol. The Morgan fingerprint density at radius 1 is 1.00 bits per heavy atom. The minimum absolute atomic E-state index is 0.00396. The molecule has 5 heteroatoms. The summed E-state index contributed by atoms with van der Waals surface area (Å²) in [7, 11) is 0. The van der Waals surface area contributed by atoms with Crippen LogP contribution in [-0.2, 0) is 0 Å². The van der Waals surface area contributed by atoms with Crippen LogP contribution in [0.25, 0.3) is 0 Å². The fourth-order valence-electron chi connectivity index (χ4n) is 3.22. The quantitative estimate of drug-likeness (QED) is 0.782. The molecule has 0 saturated carbocycles. The van der Waals surface area contributed by atoms with E-state index in [1.165, 1.54) is 11.1 Å². The molecule has 1 heterocycles. The molecule has 0 aliphatic carbocycles. The number of carbonyl (C=O) groups excluding carboxylic acids is 1. The number of anilines is 1. The molecular weight excluding hydrogens is 354 g/mol. The van der Waals surface area contributed by atoms with Crippen molar-refractivity contribution in [3.8, 4) is 0 Å². The van der Waals surface area contributed by atoms with Gasteiger partial charge in [-0.05, 0) is 81.2 Å². The number of carbonyl (C=O) groups is 1. The van der Waals surface area contributed by atoms with E-state index in [9.17, 15) is 4.79 Å². The first-order valence-electron chi connectivity index (χ1n) is 9.43. The van der Waals surface area contributed by atoms with Crippen molar-refractivity contribution in [3.05, 3.63) is 64.7 Å². The minimum Gasteiger partial charge on any atom is -0.349 e. The van der Waals surface area contributed by atoms with Crippen LogP contribution in [0.3, 0.4) is 0 Å². The van der Waals surface area contributed by atoms with Crippen LogP contribution in [0.15, 0.2) is 42.5 Å². The number of likely N-dealkylation sites (tertiary alicyclic amines) is 1. The molecule has 0 atom stereocenters. The van der Waals surface area contributed by atoms with Crippen LogP contribution in [0, 0.1) is 20.8 Å². The van der Waals surface area contributed by atoms with Gasteiger partial charge in [-0.2, -0.15) is 0 Å². The van der Waals surface area contributed by atoms with E-state index in [1.807, 2.05) is 31.2 Å². The molecule has 27 heavy (non-hydrogen) atoms. The number of aryl methyl sites for hydroxylation is 3. The lowest BCUT2D eigenvalue weighted by Crippen LogP contribution is -2.47. The van der Waals surface area contributed by atoms with E-state index < -0.39 is 0 Å². The van der Waals surface area contributed by atoms with Crippen molar-refractivity contribution in [2.45, 2.75) is 39.7 Å². The van der Waals surface area contributed by atoms with Crippen LogP contribution in [0.4, 0.5) is 5.69 Å². The van der Waals surface area contributed by atoms with Crippen molar-refractivity contribution in [3.63, 3.8) is 0 Å². The molecule has 142 valence electrons. The maximum atomic E-state index is 12.4. The summed E-state index contributed by atoms with van der Waals surface area (Å²) in [5, 5.41) is 7.24. The molecule has 0 radical (unpaired) electrons. The van der Waals surface area contributed by atoms with Gasteiger partial charge in [-0.3, -0.25) is 4.79 Å². The van der Waals surface area contributed by atoms with Gasteiger partial charge in [-0.25, -0.2) is 0 Å². The van der Waals surface area contributed by atoms with Gasteiger partial charge in [-0.15, -0.1) is 0 Å². The molecule has 2 aromatic rings. The Hall–Kier alpha value is -2.40. The van der Waals surface area contributed by atoms with E-state index in [-0.39, 0.29) is 11.9 Å². The van der Waals surface area contributed by atoms with Crippen molar-refractivity contribution in [2.24, 2.45) is 0 Å². The Balaban J connectivity index is 1.49. The molecule has 0 unspecified atom stereocenters. The van der Waals surface area contributed by atoms with E-state index in [4.69, 9.17) is 12.2 Å². The highest BCUT2D eigenvalue weighted by atomic mass is 32.1. The summed E-state index contributed by atoms with van der Waals surface area (Å²) in [6.45, 7) is 7.91. The minimum atomic E-state index is 0.00396. The number of hydrogen-bond donors (Lipinski definition) is 2. The average Bonchev–Trinajstić information content (AvgIpc) is 2.66. The van der Waals surface area contributed by atoms with E-state index in [0.29, 0.717) is 0 Å². The van der Waals surface area contributed by atoms with Crippen molar-refractivity contribution < 1.29 is 4.79 Å². The molecule has 1 amide bonds. The summed E-state index contributed by atoms with van der Waals surface area (Å²) in [5.74, 6) is 0.00396. The first-order valence-corrected chi connectivity index (χ1v) is 9.84. The molecule has 0 spiro atoms. The number of nitrogens with one attached hydrogen (secondary N) is 2. The molecule has 4 nitrogen and oxygen atoms in total. The predicted molar refractivity (Wildman–Crippen MR) is 115 cm³/mol. The van der Waals surface area contributed by atoms with Crippen LogP contribution < -0.4 is 10.6 Å². The molecule has 1 fully saturated rings. The van der Waals surface area contributed by atoms with Crippen molar-refractivity contribution in [2.75, 3.05) is 18.4 Å². The van der Waals surface area contributed by atoms with Crippen molar-refractivity contribution in [1.29, 1.82) is 0 Å². The molecular formula is C22H27N3OS. The second kappa shape index (κ2) is 8.53. The highest BCUT2D eigenvalue weighted by Gasteiger charge is 2.22. The molecule has 0 bridgehead atoms. The summed E-state index contributed by atoms with van der Waals surface area (Å²) >= 11 is 5.57. The van der Waals surface area contributed by atoms with Gasteiger partial charge in [0.05, 0.1) is 0 Å². The zero-order chi connectivity index (χ0) is 19.4. The third kappa shape index (κ3) is 5.07. The van der Waals surface area contributed by atoms with E-state index >= 15 is 0 Å². The molecule has 1 saturated heterocycles. The number of nitrogens with zero attached hydrogens (tertiary/aromatic N) is 1. The third-order valence-electron chi connectivity index (χ3n) is 5.19.